The summed E-state index contributed by atoms with van der Waals surface area (Å²) in [5, 5.41) is 0. The minimum atomic E-state index is -2.73. The summed E-state index contributed by atoms with van der Waals surface area (Å²) in [5.74, 6) is 0. The average Bonchev–Trinajstić information content (AvgIpc) is 2.03. The quantitative estimate of drug-likeness (QED) is 0.676. The van der Waals surface area contributed by atoms with Gasteiger partial charge < -0.3 is 17.4 Å². The Bertz CT molecular complexity index is 162. The molecule has 13 heavy (non-hydrogen) atoms. The van der Waals surface area contributed by atoms with E-state index < -0.39 is 17.4 Å². The molecule has 0 radical (unpaired) electrons. The molecule has 1 saturated heterocycles. The van der Waals surface area contributed by atoms with Gasteiger partial charge in [-0.2, -0.15) is 0 Å². The monoisotopic (exact) mass is 222 g/mol. The Morgan fingerprint density at radius 3 is 2.08 bits per heavy atom. The van der Waals surface area contributed by atoms with E-state index in [2.05, 4.69) is 19.6 Å². The van der Waals surface area contributed by atoms with Crippen molar-refractivity contribution in [3.05, 3.63) is 0 Å². The molecule has 1 heterocycles. The Labute approximate surface area is 81.8 Å². The molecule has 1 aliphatic rings. The summed E-state index contributed by atoms with van der Waals surface area (Å²) in [6.45, 7) is 7.67. The molecule has 1 fully saturated rings. The van der Waals surface area contributed by atoms with Crippen LogP contribution in [0.1, 0.15) is 6.42 Å². The van der Waals surface area contributed by atoms with Crippen molar-refractivity contribution in [1.82, 2.24) is 0 Å². The van der Waals surface area contributed by atoms with Crippen LogP contribution in [0.25, 0.3) is 0 Å². The first-order valence-electron chi connectivity index (χ1n) is 4.51. The molecule has 78 valence electrons. The first-order chi connectivity index (χ1) is 5.97. The zero-order chi connectivity index (χ0) is 9.95. The lowest BCUT2D eigenvalue weighted by molar-refractivity contribution is -0.0204. The van der Waals surface area contributed by atoms with Crippen LogP contribution in [0.15, 0.2) is 0 Å². The van der Waals surface area contributed by atoms with Crippen molar-refractivity contribution in [1.29, 1.82) is 0 Å². The molecular weight excluding hydrogens is 204 g/mol. The fourth-order valence-corrected chi connectivity index (χ4v) is 6.00. The Kier molecular flexibility index (Phi) is 3.67. The summed E-state index contributed by atoms with van der Waals surface area (Å²) in [6.07, 6.45) is 0.924. The van der Waals surface area contributed by atoms with Crippen molar-refractivity contribution in [3.8, 4) is 0 Å². The van der Waals surface area contributed by atoms with Crippen molar-refractivity contribution in [2.75, 3.05) is 20.3 Å². The number of hydrogen-bond acceptors (Lipinski definition) is 4. The molecule has 6 heteroatoms. The highest BCUT2D eigenvalue weighted by Gasteiger charge is 2.49. The highest BCUT2D eigenvalue weighted by Crippen LogP contribution is 2.20. The van der Waals surface area contributed by atoms with Crippen LogP contribution in [0.2, 0.25) is 19.6 Å². The van der Waals surface area contributed by atoms with Crippen LogP contribution in [0, 0.1) is 0 Å². The Balaban J connectivity index is 2.57. The van der Waals surface area contributed by atoms with E-state index in [1.807, 2.05) is 0 Å². The molecule has 0 N–H and O–H groups in total. The second-order valence-electron chi connectivity index (χ2n) is 3.97. The summed E-state index contributed by atoms with van der Waals surface area (Å²) < 4.78 is 22.1. The average molecular weight is 222 g/mol. The van der Waals surface area contributed by atoms with Crippen LogP contribution in [-0.4, -0.2) is 37.7 Å². The summed E-state index contributed by atoms with van der Waals surface area (Å²) >= 11 is 0. The van der Waals surface area contributed by atoms with Crippen molar-refractivity contribution in [2.45, 2.75) is 26.1 Å². The molecule has 1 aliphatic heterocycles. The van der Waals surface area contributed by atoms with Gasteiger partial charge in [0.05, 0.1) is 0 Å². The minimum absolute atomic E-state index is 0.685. The van der Waals surface area contributed by atoms with Crippen LogP contribution in [-0.2, 0) is 17.4 Å². The third-order valence-corrected chi connectivity index (χ3v) is 6.59. The van der Waals surface area contributed by atoms with Gasteiger partial charge in [-0.15, -0.1) is 0 Å². The van der Waals surface area contributed by atoms with Gasteiger partial charge in [0.1, 0.15) is 0 Å². The molecule has 4 nitrogen and oxygen atoms in total. The highest BCUT2D eigenvalue weighted by atomic mass is 28.5. The first-order valence-corrected chi connectivity index (χ1v) is 9.55. The summed E-state index contributed by atoms with van der Waals surface area (Å²) in [6, 6.07) is 0. The Hall–Kier alpha value is 0.274. The van der Waals surface area contributed by atoms with E-state index in [0.29, 0.717) is 13.2 Å². The van der Waals surface area contributed by atoms with Crippen LogP contribution in [0.5, 0.6) is 0 Å². The standard InChI is InChI=1S/C7H18O4Si2/c1-8-13(11-12(2,3)4)9-6-5-7-10-13/h5-7H2,1-4H3. The smallest absolute Gasteiger partial charge is 0.394 e. The molecule has 0 bridgehead atoms. The molecule has 0 aliphatic carbocycles. The first kappa shape index (κ1) is 11.3. The molecule has 0 unspecified atom stereocenters. The third kappa shape index (κ3) is 3.49. The normalized spacial score (nSPS) is 23.1. The van der Waals surface area contributed by atoms with E-state index in [1.54, 1.807) is 7.11 Å². The lowest BCUT2D eigenvalue weighted by atomic mass is 10.5. The number of hydrogen-bond donors (Lipinski definition) is 0. The van der Waals surface area contributed by atoms with Crippen LogP contribution in [0.3, 0.4) is 0 Å². The Morgan fingerprint density at radius 1 is 1.15 bits per heavy atom. The lowest BCUT2D eigenvalue weighted by Crippen LogP contribution is -2.56. The van der Waals surface area contributed by atoms with Crippen molar-refractivity contribution in [2.24, 2.45) is 0 Å². The highest BCUT2D eigenvalue weighted by molar-refractivity contribution is 6.78. The lowest BCUT2D eigenvalue weighted by Gasteiger charge is -2.34. The van der Waals surface area contributed by atoms with Gasteiger partial charge in [-0.1, -0.05) is 0 Å². The van der Waals surface area contributed by atoms with E-state index >= 15 is 0 Å². The van der Waals surface area contributed by atoms with E-state index in [4.69, 9.17) is 17.4 Å². The maximum atomic E-state index is 5.83. The van der Waals surface area contributed by atoms with Gasteiger partial charge in [0.25, 0.3) is 0 Å². The summed E-state index contributed by atoms with van der Waals surface area (Å²) in [7, 11) is -2.79. The molecule has 1 rings (SSSR count). The zero-order valence-electron chi connectivity index (χ0n) is 8.75. The molecule has 0 amide bonds. The van der Waals surface area contributed by atoms with Crippen molar-refractivity contribution >= 4 is 17.4 Å². The van der Waals surface area contributed by atoms with Crippen molar-refractivity contribution < 1.29 is 17.4 Å². The van der Waals surface area contributed by atoms with Gasteiger partial charge in [-0.3, -0.25) is 0 Å². The molecule has 0 aromatic carbocycles. The molecule has 0 atom stereocenters. The van der Waals surface area contributed by atoms with E-state index in [9.17, 15) is 0 Å². The third-order valence-electron chi connectivity index (χ3n) is 1.53. The second kappa shape index (κ2) is 4.20. The van der Waals surface area contributed by atoms with Gasteiger partial charge in [0.15, 0.2) is 8.32 Å². The zero-order valence-corrected chi connectivity index (χ0v) is 10.8. The summed E-state index contributed by atoms with van der Waals surface area (Å²) in [5.41, 5.74) is 0. The molecule has 0 aromatic heterocycles. The summed E-state index contributed by atoms with van der Waals surface area (Å²) in [4.78, 5) is 0. The number of rotatable bonds is 3. The predicted octanol–water partition coefficient (Wildman–Crippen LogP) is 1.36. The second-order valence-corrected chi connectivity index (χ2v) is 11.0. The molecule has 0 spiro atoms. The fraction of sp³-hybridized carbons (Fsp3) is 1.00. The fourth-order valence-electron chi connectivity index (χ4n) is 1.09. The van der Waals surface area contributed by atoms with E-state index in [1.165, 1.54) is 0 Å². The van der Waals surface area contributed by atoms with Crippen LogP contribution in [0.4, 0.5) is 0 Å². The van der Waals surface area contributed by atoms with Gasteiger partial charge in [0.2, 0.25) is 0 Å². The maximum absolute atomic E-state index is 5.83. The van der Waals surface area contributed by atoms with Crippen LogP contribution >= 0.6 is 0 Å². The SMILES string of the molecule is CO[Si]1(O[Si](C)(C)C)OCCCO1. The predicted molar refractivity (Wildman–Crippen MR) is 53.7 cm³/mol. The van der Waals surface area contributed by atoms with E-state index in [-0.39, 0.29) is 0 Å². The van der Waals surface area contributed by atoms with Crippen molar-refractivity contribution in [3.63, 3.8) is 0 Å². The molecule has 0 saturated carbocycles. The molecule has 0 aromatic rings. The molecular formula is C7H18O4Si2. The Morgan fingerprint density at radius 2 is 1.69 bits per heavy atom. The van der Waals surface area contributed by atoms with Gasteiger partial charge in [-0.05, 0) is 26.1 Å². The van der Waals surface area contributed by atoms with E-state index in [0.717, 1.165) is 6.42 Å². The van der Waals surface area contributed by atoms with Crippen LogP contribution < -0.4 is 0 Å². The van der Waals surface area contributed by atoms with Gasteiger partial charge in [0, 0.05) is 20.3 Å². The van der Waals surface area contributed by atoms with Gasteiger partial charge in [-0.25, -0.2) is 0 Å². The largest absolute Gasteiger partial charge is 0.668 e. The topological polar surface area (TPSA) is 36.9 Å². The minimum Gasteiger partial charge on any atom is -0.394 e. The van der Waals surface area contributed by atoms with Gasteiger partial charge >= 0.3 is 9.05 Å². The maximum Gasteiger partial charge on any atom is 0.668 e.